The number of morpholine rings is 1. The summed E-state index contributed by atoms with van der Waals surface area (Å²) in [4.78, 5) is 26.1. The summed E-state index contributed by atoms with van der Waals surface area (Å²) in [5, 5.41) is 14.8. The highest BCUT2D eigenvalue weighted by Crippen LogP contribution is 2.33. The Balaban J connectivity index is 1.90. The molecular weight excluding hydrogens is 453 g/mol. The quantitative estimate of drug-likeness (QED) is 0.513. The van der Waals surface area contributed by atoms with Crippen molar-refractivity contribution in [2.24, 2.45) is 0 Å². The Labute approximate surface area is 196 Å². The molecule has 0 aliphatic carbocycles. The normalized spacial score (nSPS) is 16.8. The number of urea groups is 1. The molecule has 8 nitrogen and oxygen atoms in total. The zero-order valence-corrected chi connectivity index (χ0v) is 19.2. The first-order chi connectivity index (χ1) is 15.8. The van der Waals surface area contributed by atoms with Crippen molar-refractivity contribution in [3.05, 3.63) is 52.8 Å². The second-order valence-electron chi connectivity index (χ2n) is 7.86. The molecular formula is C23H27ClFN3O5. The summed E-state index contributed by atoms with van der Waals surface area (Å²) in [7, 11) is 1.51. The number of hydrogen-bond acceptors (Lipinski definition) is 5. The number of carboxylic acid groups (broad SMARTS) is 1. The van der Waals surface area contributed by atoms with Crippen LogP contribution in [0.3, 0.4) is 0 Å². The van der Waals surface area contributed by atoms with E-state index < -0.39 is 23.7 Å². The third-order valence-corrected chi connectivity index (χ3v) is 5.53. The van der Waals surface area contributed by atoms with E-state index in [-0.39, 0.29) is 29.8 Å². The van der Waals surface area contributed by atoms with Crippen molar-refractivity contribution in [3.63, 3.8) is 0 Å². The summed E-state index contributed by atoms with van der Waals surface area (Å²) in [6, 6.07) is 8.74. The molecule has 2 unspecified atom stereocenters. The molecule has 0 saturated carbocycles. The molecule has 0 radical (unpaired) electrons. The molecule has 33 heavy (non-hydrogen) atoms. The van der Waals surface area contributed by atoms with Gasteiger partial charge < -0.3 is 30.1 Å². The number of aliphatic carboxylic acids is 1. The number of carbonyl (C=O) groups excluding carboxylic acids is 1. The van der Waals surface area contributed by atoms with E-state index in [9.17, 15) is 19.1 Å². The van der Waals surface area contributed by atoms with Gasteiger partial charge in [0.15, 0.2) is 0 Å². The van der Waals surface area contributed by atoms with E-state index >= 15 is 0 Å². The third-order valence-electron chi connectivity index (χ3n) is 5.29. The number of methoxy groups -OCH3 is 1. The zero-order valence-electron chi connectivity index (χ0n) is 18.4. The lowest BCUT2D eigenvalue weighted by Crippen LogP contribution is -2.41. The Kier molecular flexibility index (Phi) is 8.49. The molecule has 2 amide bonds. The Morgan fingerprint density at radius 3 is 2.70 bits per heavy atom. The van der Waals surface area contributed by atoms with Crippen LogP contribution in [0.4, 0.5) is 26.2 Å². The molecule has 3 rings (SSSR count). The van der Waals surface area contributed by atoms with Crippen molar-refractivity contribution in [1.82, 2.24) is 0 Å². The zero-order chi connectivity index (χ0) is 24.0. The Bertz CT molecular complexity index is 1010. The van der Waals surface area contributed by atoms with Gasteiger partial charge in [-0.15, -0.1) is 0 Å². The number of halogens is 2. The predicted octanol–water partition coefficient (Wildman–Crippen LogP) is 4.55. The van der Waals surface area contributed by atoms with Crippen molar-refractivity contribution in [3.8, 4) is 0 Å². The second-order valence-corrected chi connectivity index (χ2v) is 8.29. The van der Waals surface area contributed by atoms with Gasteiger partial charge in [-0.3, -0.25) is 4.79 Å². The smallest absolute Gasteiger partial charge is 0.323 e. The van der Waals surface area contributed by atoms with Crippen molar-refractivity contribution >= 4 is 40.7 Å². The van der Waals surface area contributed by atoms with Crippen LogP contribution in [0.1, 0.15) is 24.8 Å². The maximum atomic E-state index is 14.1. The number of ether oxygens (including phenoxy) is 2. The van der Waals surface area contributed by atoms with Gasteiger partial charge in [0.25, 0.3) is 0 Å². The molecule has 10 heteroatoms. The van der Waals surface area contributed by atoms with Gasteiger partial charge in [0.05, 0.1) is 42.8 Å². The van der Waals surface area contributed by atoms with Crippen LogP contribution in [0.25, 0.3) is 0 Å². The van der Waals surface area contributed by atoms with Crippen LogP contribution in [0.5, 0.6) is 0 Å². The molecule has 1 aliphatic rings. The van der Waals surface area contributed by atoms with Gasteiger partial charge in [0.1, 0.15) is 5.82 Å². The van der Waals surface area contributed by atoms with Gasteiger partial charge >= 0.3 is 12.0 Å². The average Bonchev–Trinajstić information content (AvgIpc) is 2.75. The largest absolute Gasteiger partial charge is 0.481 e. The summed E-state index contributed by atoms with van der Waals surface area (Å²) in [6.07, 6.45) is -0.111. The van der Waals surface area contributed by atoms with Crippen molar-refractivity contribution in [2.45, 2.75) is 25.4 Å². The average molecular weight is 480 g/mol. The first-order valence-corrected chi connectivity index (χ1v) is 10.9. The summed E-state index contributed by atoms with van der Waals surface area (Å²) < 4.78 is 24.9. The molecule has 0 bridgehead atoms. The Morgan fingerprint density at radius 1 is 1.27 bits per heavy atom. The minimum atomic E-state index is -0.950. The van der Waals surface area contributed by atoms with E-state index in [2.05, 4.69) is 15.5 Å². The molecule has 2 aromatic rings. The summed E-state index contributed by atoms with van der Waals surface area (Å²) in [5.74, 6) is -2.01. The van der Waals surface area contributed by atoms with E-state index in [1.54, 1.807) is 6.07 Å². The van der Waals surface area contributed by atoms with Crippen LogP contribution < -0.4 is 15.5 Å². The highest BCUT2D eigenvalue weighted by molar-refractivity contribution is 6.30. The van der Waals surface area contributed by atoms with E-state index in [0.29, 0.717) is 30.9 Å². The number of nitrogens with zero attached hydrogens (tertiary/aromatic N) is 1. The topological polar surface area (TPSA) is 100 Å². The number of hydrogen-bond donors (Lipinski definition) is 3. The first-order valence-electron chi connectivity index (χ1n) is 10.5. The minimum Gasteiger partial charge on any atom is -0.481 e. The maximum absolute atomic E-state index is 14.1. The molecule has 1 saturated heterocycles. The SMILES string of the molecule is COCC(CC(=O)O)c1ccc(N2CCOC(C)C2)c(NC(=O)Nc2ccc(Cl)cc2F)c1. The van der Waals surface area contributed by atoms with Crippen LogP contribution >= 0.6 is 11.6 Å². The minimum absolute atomic E-state index is 0.0107. The van der Waals surface area contributed by atoms with Gasteiger partial charge in [0, 0.05) is 31.1 Å². The number of carbonyl (C=O) groups is 2. The number of carboxylic acids is 1. The molecule has 2 atom stereocenters. The number of nitrogens with one attached hydrogen (secondary N) is 2. The lowest BCUT2D eigenvalue weighted by Gasteiger charge is -2.34. The van der Waals surface area contributed by atoms with Gasteiger partial charge in [-0.1, -0.05) is 17.7 Å². The van der Waals surface area contributed by atoms with E-state index in [1.165, 1.54) is 19.2 Å². The van der Waals surface area contributed by atoms with Gasteiger partial charge in [-0.05, 0) is 42.8 Å². The first kappa shape index (κ1) is 24.8. The van der Waals surface area contributed by atoms with Crippen molar-refractivity contribution < 1.29 is 28.6 Å². The van der Waals surface area contributed by atoms with Crippen LogP contribution in [0.2, 0.25) is 5.02 Å². The summed E-state index contributed by atoms with van der Waals surface area (Å²) >= 11 is 5.77. The van der Waals surface area contributed by atoms with Crippen molar-refractivity contribution in [1.29, 1.82) is 0 Å². The molecule has 178 valence electrons. The third kappa shape index (κ3) is 6.80. The lowest BCUT2D eigenvalue weighted by molar-refractivity contribution is -0.137. The monoisotopic (exact) mass is 479 g/mol. The van der Waals surface area contributed by atoms with Gasteiger partial charge in [-0.2, -0.15) is 0 Å². The van der Waals surface area contributed by atoms with Gasteiger partial charge in [0.2, 0.25) is 0 Å². The molecule has 1 fully saturated rings. The Morgan fingerprint density at radius 2 is 2.03 bits per heavy atom. The lowest BCUT2D eigenvalue weighted by atomic mass is 9.95. The van der Waals surface area contributed by atoms with E-state index in [4.69, 9.17) is 21.1 Å². The molecule has 1 aliphatic heterocycles. The van der Waals surface area contributed by atoms with E-state index in [0.717, 1.165) is 11.8 Å². The van der Waals surface area contributed by atoms with Crippen LogP contribution in [0.15, 0.2) is 36.4 Å². The second kappa shape index (κ2) is 11.3. The van der Waals surface area contributed by atoms with Crippen LogP contribution in [-0.4, -0.2) is 56.6 Å². The fraction of sp³-hybridized carbons (Fsp3) is 0.391. The Hall–Kier alpha value is -2.88. The summed E-state index contributed by atoms with van der Waals surface area (Å²) in [5.41, 5.74) is 1.92. The predicted molar refractivity (Wildman–Crippen MR) is 125 cm³/mol. The highest BCUT2D eigenvalue weighted by atomic mass is 35.5. The molecule has 2 aromatic carbocycles. The number of amides is 2. The van der Waals surface area contributed by atoms with Gasteiger partial charge in [-0.25, -0.2) is 9.18 Å². The van der Waals surface area contributed by atoms with E-state index in [1.807, 2.05) is 19.1 Å². The summed E-state index contributed by atoms with van der Waals surface area (Å²) in [6.45, 7) is 3.96. The van der Waals surface area contributed by atoms with Crippen LogP contribution in [-0.2, 0) is 14.3 Å². The number of benzene rings is 2. The molecule has 1 heterocycles. The molecule has 0 aromatic heterocycles. The van der Waals surface area contributed by atoms with Crippen molar-refractivity contribution in [2.75, 3.05) is 48.9 Å². The fourth-order valence-corrected chi connectivity index (χ4v) is 3.93. The fourth-order valence-electron chi connectivity index (χ4n) is 3.77. The standard InChI is InChI=1S/C23H27ClFN3O5/c1-14-12-28(7-8-33-14)21-6-3-15(16(13-32-2)10-22(29)30)9-20(21)27-23(31)26-19-5-4-17(24)11-18(19)25/h3-6,9,11,14,16H,7-8,10,12-13H2,1-2H3,(H,29,30)(H2,26,27,31). The highest BCUT2D eigenvalue weighted by Gasteiger charge is 2.23. The van der Waals surface area contributed by atoms with Crippen LogP contribution in [0, 0.1) is 5.82 Å². The maximum Gasteiger partial charge on any atom is 0.323 e. The number of anilines is 3. The molecule has 3 N–H and O–H groups in total. The number of rotatable bonds is 8. The molecule has 0 spiro atoms.